The van der Waals surface area contributed by atoms with Crippen molar-refractivity contribution in [3.05, 3.63) is 77.9 Å². The Morgan fingerprint density at radius 2 is 1.65 bits per heavy atom. The largest absolute Gasteiger partial charge is 0.380 e. The highest BCUT2D eigenvalue weighted by Gasteiger charge is 2.10. The van der Waals surface area contributed by atoms with Crippen LogP contribution in [-0.2, 0) is 17.9 Å². The fraction of sp³-hybridized carbons (Fsp3) is 0.150. The molecule has 1 N–H and O–H groups in total. The zero-order valence-corrected chi connectivity index (χ0v) is 14.5. The molecule has 2 aromatic carbocycles. The third kappa shape index (κ3) is 3.27. The number of fused-ring (bicyclic) bond motifs is 1. The van der Waals surface area contributed by atoms with Crippen molar-refractivity contribution >= 4 is 11.5 Å². The average molecular weight is 345 g/mol. The van der Waals surface area contributed by atoms with Crippen LogP contribution < -0.4 is 5.32 Å². The fourth-order valence-electron chi connectivity index (χ4n) is 2.86. The van der Waals surface area contributed by atoms with E-state index in [-0.39, 0.29) is 0 Å². The Kier molecular flexibility index (Phi) is 4.57. The van der Waals surface area contributed by atoms with E-state index in [4.69, 9.17) is 4.74 Å². The number of methoxy groups -OCH3 is 1. The molecule has 0 aliphatic heterocycles. The molecule has 0 fully saturated rings. The smallest absolute Gasteiger partial charge is 0.185 e. The second kappa shape index (κ2) is 7.33. The first kappa shape index (κ1) is 16.2. The monoisotopic (exact) mass is 345 g/mol. The molecule has 0 unspecified atom stereocenters. The summed E-state index contributed by atoms with van der Waals surface area (Å²) in [6, 6.07) is 22.0. The molecule has 4 aromatic rings. The Hall–Kier alpha value is -3.25. The van der Waals surface area contributed by atoms with E-state index >= 15 is 0 Å². The molecule has 2 aromatic heterocycles. The molecule has 26 heavy (non-hydrogen) atoms. The summed E-state index contributed by atoms with van der Waals surface area (Å²) in [5, 5.41) is 16.5. The summed E-state index contributed by atoms with van der Waals surface area (Å²) >= 11 is 0. The van der Waals surface area contributed by atoms with Gasteiger partial charge in [-0.15, -0.1) is 15.3 Å². The molecule has 130 valence electrons. The molecule has 2 heterocycles. The molecule has 0 atom stereocenters. The van der Waals surface area contributed by atoms with Crippen LogP contribution in [0.3, 0.4) is 0 Å². The Balaban J connectivity index is 1.60. The highest BCUT2D eigenvalue weighted by atomic mass is 16.5. The van der Waals surface area contributed by atoms with E-state index in [2.05, 4.69) is 32.7 Å². The second-order valence-electron chi connectivity index (χ2n) is 5.93. The Labute approximate surface area is 151 Å². The van der Waals surface area contributed by atoms with Crippen LogP contribution in [0, 0.1) is 0 Å². The first-order chi connectivity index (χ1) is 12.8. The predicted molar refractivity (Wildman–Crippen MR) is 101 cm³/mol. The van der Waals surface area contributed by atoms with Gasteiger partial charge in [0.05, 0.1) is 6.61 Å². The van der Waals surface area contributed by atoms with Gasteiger partial charge >= 0.3 is 0 Å². The lowest BCUT2D eigenvalue weighted by atomic mass is 10.1. The maximum atomic E-state index is 5.27. The number of hydrogen-bond donors (Lipinski definition) is 1. The van der Waals surface area contributed by atoms with Crippen LogP contribution in [0.1, 0.15) is 11.1 Å². The highest BCUT2D eigenvalue weighted by molar-refractivity contribution is 5.59. The van der Waals surface area contributed by atoms with Crippen LogP contribution in [0.5, 0.6) is 0 Å². The van der Waals surface area contributed by atoms with Crippen molar-refractivity contribution in [1.29, 1.82) is 0 Å². The lowest BCUT2D eigenvalue weighted by Gasteiger charge is -2.10. The molecule has 4 rings (SSSR count). The van der Waals surface area contributed by atoms with Gasteiger partial charge in [0, 0.05) is 19.2 Å². The van der Waals surface area contributed by atoms with Crippen LogP contribution in [-0.4, -0.2) is 26.9 Å². The summed E-state index contributed by atoms with van der Waals surface area (Å²) in [7, 11) is 1.71. The molecule has 0 saturated heterocycles. The average Bonchev–Trinajstić information content (AvgIpc) is 3.11. The number of anilines is 1. The molecule has 0 saturated carbocycles. The van der Waals surface area contributed by atoms with Crippen LogP contribution in [0.25, 0.3) is 17.0 Å². The Morgan fingerprint density at radius 3 is 2.46 bits per heavy atom. The summed E-state index contributed by atoms with van der Waals surface area (Å²) in [5.41, 5.74) is 4.05. The van der Waals surface area contributed by atoms with Crippen molar-refractivity contribution in [3.63, 3.8) is 0 Å². The number of benzene rings is 2. The van der Waals surface area contributed by atoms with E-state index in [1.807, 2.05) is 54.6 Å². The third-order valence-electron chi connectivity index (χ3n) is 4.17. The topological polar surface area (TPSA) is 64.3 Å². The second-order valence-corrected chi connectivity index (χ2v) is 5.93. The molecule has 0 aliphatic carbocycles. The lowest BCUT2D eigenvalue weighted by Crippen LogP contribution is -2.07. The van der Waals surface area contributed by atoms with E-state index in [1.165, 1.54) is 5.56 Å². The van der Waals surface area contributed by atoms with E-state index in [0.29, 0.717) is 18.8 Å². The normalized spacial score (nSPS) is 11.0. The number of nitrogens with one attached hydrogen (secondary N) is 1. The Morgan fingerprint density at radius 1 is 0.885 bits per heavy atom. The summed E-state index contributed by atoms with van der Waals surface area (Å²) in [5.74, 6) is 1.49. The first-order valence-electron chi connectivity index (χ1n) is 8.42. The van der Waals surface area contributed by atoms with Crippen molar-refractivity contribution in [2.75, 3.05) is 12.4 Å². The lowest BCUT2D eigenvalue weighted by molar-refractivity contribution is 0.184. The maximum Gasteiger partial charge on any atom is 0.185 e. The van der Waals surface area contributed by atoms with Gasteiger partial charge in [0.15, 0.2) is 11.5 Å². The highest BCUT2D eigenvalue weighted by Crippen LogP contribution is 2.18. The van der Waals surface area contributed by atoms with Gasteiger partial charge in [-0.3, -0.25) is 0 Å². The predicted octanol–water partition coefficient (Wildman–Crippen LogP) is 3.55. The minimum absolute atomic E-state index is 0.591. The number of hydrogen-bond acceptors (Lipinski definition) is 5. The fourth-order valence-corrected chi connectivity index (χ4v) is 2.86. The van der Waals surface area contributed by atoms with E-state index in [9.17, 15) is 0 Å². The molecule has 0 radical (unpaired) electrons. The number of nitrogens with zero attached hydrogens (tertiary/aromatic N) is 4. The van der Waals surface area contributed by atoms with Crippen molar-refractivity contribution in [2.45, 2.75) is 13.2 Å². The van der Waals surface area contributed by atoms with Crippen LogP contribution >= 0.6 is 0 Å². The zero-order chi connectivity index (χ0) is 17.8. The minimum Gasteiger partial charge on any atom is -0.380 e. The van der Waals surface area contributed by atoms with Gasteiger partial charge in [-0.25, -0.2) is 0 Å². The molecule has 0 bridgehead atoms. The van der Waals surface area contributed by atoms with Crippen molar-refractivity contribution in [3.8, 4) is 11.4 Å². The third-order valence-corrected chi connectivity index (χ3v) is 4.17. The summed E-state index contributed by atoms with van der Waals surface area (Å²) in [4.78, 5) is 0. The van der Waals surface area contributed by atoms with Crippen LogP contribution in [0.4, 0.5) is 5.82 Å². The Bertz CT molecular complexity index is 1010. The van der Waals surface area contributed by atoms with Gasteiger partial charge in [0.25, 0.3) is 0 Å². The van der Waals surface area contributed by atoms with Gasteiger partial charge in [-0.05, 0) is 23.3 Å². The van der Waals surface area contributed by atoms with Gasteiger partial charge in [0.2, 0.25) is 0 Å². The molecule has 6 heteroatoms. The molecule has 0 aliphatic rings. The minimum atomic E-state index is 0.591. The zero-order valence-electron chi connectivity index (χ0n) is 14.5. The maximum absolute atomic E-state index is 5.27. The van der Waals surface area contributed by atoms with Crippen LogP contribution in [0.15, 0.2) is 66.7 Å². The van der Waals surface area contributed by atoms with E-state index in [1.54, 1.807) is 11.6 Å². The van der Waals surface area contributed by atoms with Gasteiger partial charge in [0.1, 0.15) is 5.82 Å². The van der Waals surface area contributed by atoms with Gasteiger partial charge < -0.3 is 10.1 Å². The molecular weight excluding hydrogens is 326 g/mol. The first-order valence-corrected chi connectivity index (χ1v) is 8.42. The van der Waals surface area contributed by atoms with Gasteiger partial charge in [-0.1, -0.05) is 54.6 Å². The summed E-state index contributed by atoms with van der Waals surface area (Å²) in [6.07, 6.45) is 0. The van der Waals surface area contributed by atoms with Crippen molar-refractivity contribution < 1.29 is 4.74 Å². The standard InChI is InChI=1S/C20H19N5O/c1-26-14-17-10-6-5-9-16(17)13-21-18-11-12-19-22-23-20(25(19)24-18)15-7-3-2-4-8-15/h2-12H,13-14H2,1H3,(H,21,24). The van der Waals surface area contributed by atoms with Crippen molar-refractivity contribution in [2.24, 2.45) is 0 Å². The number of ether oxygens (including phenoxy) is 1. The summed E-state index contributed by atoms with van der Waals surface area (Å²) in [6.45, 7) is 1.26. The SMILES string of the molecule is COCc1ccccc1CNc1ccc2nnc(-c3ccccc3)n2n1. The molecular formula is C20H19N5O. The summed E-state index contributed by atoms with van der Waals surface area (Å²) < 4.78 is 7.03. The van der Waals surface area contributed by atoms with E-state index in [0.717, 1.165) is 22.8 Å². The quantitative estimate of drug-likeness (QED) is 0.579. The van der Waals surface area contributed by atoms with E-state index < -0.39 is 0 Å². The molecule has 0 amide bonds. The van der Waals surface area contributed by atoms with Crippen molar-refractivity contribution in [1.82, 2.24) is 19.8 Å². The molecule has 6 nitrogen and oxygen atoms in total. The number of aromatic nitrogens is 4. The van der Waals surface area contributed by atoms with Crippen LogP contribution in [0.2, 0.25) is 0 Å². The van der Waals surface area contributed by atoms with Gasteiger partial charge in [-0.2, -0.15) is 4.52 Å². The number of rotatable bonds is 6. The molecule has 0 spiro atoms.